The highest BCUT2D eigenvalue weighted by Crippen LogP contribution is 2.42. The monoisotopic (exact) mass is 369 g/mol. The van der Waals surface area contributed by atoms with Crippen molar-refractivity contribution >= 4 is 28.2 Å². The molecule has 2 heterocycles. The molecule has 0 atom stereocenters. The van der Waals surface area contributed by atoms with Crippen molar-refractivity contribution in [2.75, 3.05) is 32.6 Å². The summed E-state index contributed by atoms with van der Waals surface area (Å²) in [6, 6.07) is 0. The zero-order valence-electron chi connectivity index (χ0n) is 16.3. The summed E-state index contributed by atoms with van der Waals surface area (Å²) in [6.07, 6.45) is 0.769. The zero-order valence-corrected chi connectivity index (χ0v) is 17.1. The molecule has 0 aliphatic carbocycles. The maximum atomic E-state index is 12.6. The van der Waals surface area contributed by atoms with Gasteiger partial charge in [-0.05, 0) is 40.2 Å². The van der Waals surface area contributed by atoms with E-state index in [0.29, 0.717) is 23.7 Å². The second kappa shape index (κ2) is 7.05. The number of carbonyl (C=O) groups excluding carboxylic acids is 2. The largest absolute Gasteiger partial charge is 0.462 e. The van der Waals surface area contributed by atoms with Gasteiger partial charge in [0.05, 0.1) is 36.7 Å². The van der Waals surface area contributed by atoms with Crippen LogP contribution in [-0.2, 0) is 21.5 Å². The number of hydrogen-bond acceptors (Lipinski definition) is 4. The van der Waals surface area contributed by atoms with E-state index in [1.807, 2.05) is 14.1 Å². The van der Waals surface area contributed by atoms with E-state index in [2.05, 4.69) is 38.3 Å². The Kier molecular flexibility index (Phi) is 5.61. The van der Waals surface area contributed by atoms with Gasteiger partial charge in [0.2, 0.25) is 0 Å². The van der Waals surface area contributed by atoms with Crippen LogP contribution in [-0.4, -0.2) is 44.7 Å². The van der Waals surface area contributed by atoms with Gasteiger partial charge in [0.1, 0.15) is 10.5 Å². The average Bonchev–Trinajstić information content (AvgIpc) is 2.74. The van der Waals surface area contributed by atoms with Crippen molar-refractivity contribution in [1.29, 1.82) is 0 Å². The Balaban J connectivity index is 2.51. The van der Waals surface area contributed by atoms with Crippen LogP contribution < -0.4 is 15.5 Å². The molecule has 0 unspecified atom stereocenters. The lowest BCUT2D eigenvalue weighted by atomic mass is 9.81. The highest BCUT2D eigenvalue weighted by atomic mass is 32.1. The van der Waals surface area contributed by atoms with Gasteiger partial charge in [-0.25, -0.2) is 4.79 Å². The summed E-state index contributed by atoms with van der Waals surface area (Å²) in [6.45, 7) is 11.1. The predicted molar refractivity (Wildman–Crippen MR) is 99.3 cm³/mol. The minimum absolute atomic E-state index is 0.0200. The number of nitrogens with two attached hydrogens (primary N) is 1. The van der Waals surface area contributed by atoms with Gasteiger partial charge in [0, 0.05) is 6.42 Å². The fraction of sp³-hybridized carbons (Fsp3) is 0.667. The van der Waals surface area contributed by atoms with Crippen LogP contribution in [0.2, 0.25) is 0 Å². The fourth-order valence-corrected chi connectivity index (χ4v) is 5.00. The van der Waals surface area contributed by atoms with Gasteiger partial charge in [-0.1, -0.05) is 0 Å². The minimum atomic E-state index is -0.346. The molecule has 0 fully saturated rings. The SMILES string of the molecule is CCOC(=O)c1c(NC(=O)C[NH+](C)C)sc2c1CC(C)(C)[NH2+]C2(C)C. The number of likely N-dealkylation sites (N-methyl/N-ethyl adjacent to an activating group) is 1. The Morgan fingerprint density at radius 2 is 1.92 bits per heavy atom. The molecule has 0 saturated carbocycles. The van der Waals surface area contributed by atoms with Crippen LogP contribution in [0.25, 0.3) is 0 Å². The molecule has 0 spiro atoms. The van der Waals surface area contributed by atoms with E-state index in [9.17, 15) is 9.59 Å². The van der Waals surface area contributed by atoms with Gasteiger partial charge in [0.25, 0.3) is 5.91 Å². The van der Waals surface area contributed by atoms with Gasteiger partial charge < -0.3 is 20.3 Å². The summed E-state index contributed by atoms with van der Waals surface area (Å²) in [5.41, 5.74) is 1.39. The average molecular weight is 370 g/mol. The molecule has 1 aliphatic heterocycles. The van der Waals surface area contributed by atoms with E-state index in [4.69, 9.17) is 4.74 Å². The molecule has 4 N–H and O–H groups in total. The van der Waals surface area contributed by atoms with E-state index < -0.39 is 0 Å². The van der Waals surface area contributed by atoms with E-state index in [1.165, 1.54) is 11.3 Å². The van der Waals surface area contributed by atoms with Crippen molar-refractivity contribution in [1.82, 2.24) is 0 Å². The van der Waals surface area contributed by atoms with Crippen LogP contribution in [0.5, 0.6) is 0 Å². The van der Waals surface area contributed by atoms with Crippen LogP contribution in [0.4, 0.5) is 5.00 Å². The van der Waals surface area contributed by atoms with Crippen LogP contribution in [0, 0.1) is 0 Å². The van der Waals surface area contributed by atoms with Crippen LogP contribution in [0.3, 0.4) is 0 Å². The number of esters is 1. The van der Waals surface area contributed by atoms with E-state index in [1.54, 1.807) is 6.92 Å². The third-order valence-corrected chi connectivity index (χ3v) is 5.71. The standard InChI is InChI=1S/C18H29N3O3S/c1-8-24-16(23)13-11-9-17(2,3)20-18(4,5)14(11)25-15(13)19-12(22)10-21(6)7/h20H,8-10H2,1-7H3,(H,19,22)/p+2. The summed E-state index contributed by atoms with van der Waals surface area (Å²) in [4.78, 5) is 27.1. The summed E-state index contributed by atoms with van der Waals surface area (Å²) < 4.78 is 5.29. The Labute approximate surface area is 153 Å². The van der Waals surface area contributed by atoms with Crippen molar-refractivity contribution in [3.05, 3.63) is 16.0 Å². The molecule has 0 aromatic carbocycles. The number of amides is 1. The lowest BCUT2D eigenvalue weighted by molar-refractivity contribution is -0.849. The summed E-state index contributed by atoms with van der Waals surface area (Å²) >= 11 is 1.51. The maximum absolute atomic E-state index is 12.6. The molecule has 1 amide bonds. The first-order chi connectivity index (χ1) is 11.5. The van der Waals surface area contributed by atoms with Gasteiger partial charge in [-0.3, -0.25) is 4.79 Å². The topological polar surface area (TPSA) is 76.4 Å². The lowest BCUT2D eigenvalue weighted by Gasteiger charge is -2.38. The fourth-order valence-electron chi connectivity index (χ4n) is 3.70. The molecule has 0 saturated heterocycles. The van der Waals surface area contributed by atoms with Crippen molar-refractivity contribution in [3.8, 4) is 0 Å². The first-order valence-corrected chi connectivity index (χ1v) is 9.57. The van der Waals surface area contributed by atoms with Crippen LogP contribution in [0.15, 0.2) is 0 Å². The van der Waals surface area contributed by atoms with Gasteiger partial charge >= 0.3 is 5.97 Å². The molecule has 25 heavy (non-hydrogen) atoms. The number of carbonyl (C=O) groups is 2. The van der Waals surface area contributed by atoms with Gasteiger partial charge in [-0.15, -0.1) is 11.3 Å². The Morgan fingerprint density at radius 3 is 2.48 bits per heavy atom. The molecule has 0 radical (unpaired) electrons. The highest BCUT2D eigenvalue weighted by molar-refractivity contribution is 7.17. The van der Waals surface area contributed by atoms with Gasteiger partial charge in [-0.2, -0.15) is 0 Å². The second-order valence-corrected chi connectivity index (χ2v) is 9.32. The molecular weight excluding hydrogens is 338 g/mol. The number of nitrogens with one attached hydrogen (secondary N) is 2. The highest BCUT2D eigenvalue weighted by Gasteiger charge is 2.45. The lowest BCUT2D eigenvalue weighted by Crippen LogP contribution is -3.06. The molecule has 7 heteroatoms. The Bertz CT molecular complexity index is 677. The van der Waals surface area contributed by atoms with Crippen molar-refractivity contribution in [3.63, 3.8) is 0 Å². The molecule has 1 aliphatic rings. The molecule has 6 nitrogen and oxygen atoms in total. The number of anilines is 1. The summed E-state index contributed by atoms with van der Waals surface area (Å²) in [5.74, 6) is -0.439. The van der Waals surface area contributed by atoms with Crippen molar-refractivity contribution in [2.45, 2.75) is 52.1 Å². The molecular formula is C18H31N3O3S+2. The Hall–Kier alpha value is -1.44. The maximum Gasteiger partial charge on any atom is 0.341 e. The first-order valence-electron chi connectivity index (χ1n) is 8.76. The zero-order chi connectivity index (χ0) is 19.0. The first kappa shape index (κ1) is 19.9. The molecule has 1 aromatic heterocycles. The van der Waals surface area contributed by atoms with Crippen LogP contribution in [0.1, 0.15) is 55.4 Å². The van der Waals surface area contributed by atoms with E-state index in [-0.39, 0.29) is 23.0 Å². The van der Waals surface area contributed by atoms with Crippen molar-refractivity contribution < 1.29 is 24.5 Å². The van der Waals surface area contributed by atoms with E-state index >= 15 is 0 Å². The third-order valence-electron chi connectivity index (χ3n) is 4.22. The molecule has 0 bridgehead atoms. The number of hydrogen-bond donors (Lipinski definition) is 3. The van der Waals surface area contributed by atoms with Gasteiger partial charge in [0.15, 0.2) is 6.54 Å². The minimum Gasteiger partial charge on any atom is -0.462 e. The Morgan fingerprint density at radius 1 is 1.28 bits per heavy atom. The molecule has 1 aromatic rings. The quantitative estimate of drug-likeness (QED) is 0.646. The predicted octanol–water partition coefficient (Wildman–Crippen LogP) is 0.141. The number of fused-ring (bicyclic) bond motifs is 1. The van der Waals surface area contributed by atoms with E-state index in [0.717, 1.165) is 21.8 Å². The number of quaternary nitrogens is 2. The number of rotatable bonds is 5. The summed E-state index contributed by atoms with van der Waals surface area (Å²) in [5, 5.41) is 5.90. The number of ether oxygens (including phenoxy) is 1. The molecule has 2 rings (SSSR count). The number of thiophene rings is 1. The normalized spacial score (nSPS) is 17.9. The van der Waals surface area contributed by atoms with Crippen molar-refractivity contribution in [2.24, 2.45) is 0 Å². The summed E-state index contributed by atoms with van der Waals surface area (Å²) in [7, 11) is 3.84. The molecule has 140 valence electrons. The third kappa shape index (κ3) is 4.40. The smallest absolute Gasteiger partial charge is 0.341 e. The van der Waals surface area contributed by atoms with Crippen LogP contribution >= 0.6 is 11.3 Å². The second-order valence-electron chi connectivity index (χ2n) is 8.30.